The van der Waals surface area contributed by atoms with E-state index in [0.717, 1.165) is 17.7 Å². The van der Waals surface area contributed by atoms with E-state index in [1.54, 1.807) is 12.4 Å². The molecule has 4 heteroatoms. The first kappa shape index (κ1) is 17.8. The summed E-state index contributed by atoms with van der Waals surface area (Å²) in [5.74, 6) is 2.78. The Bertz CT molecular complexity index is 453. The van der Waals surface area contributed by atoms with Gasteiger partial charge in [-0.2, -0.15) is 0 Å². The standard InChI is InChI=1S/C16H25N3O/c1-7-13(6)20-16(17)14(8-2)10-15(12(4)5)19-11-18-9-3/h2,10-11,13H,4,7,9,17H2,1,3,5-6H3,(H,18,19)/b15-10+,16-14+. The summed E-state index contributed by atoms with van der Waals surface area (Å²) in [6.45, 7) is 12.4. The molecule has 110 valence electrons. The number of hydrogen-bond acceptors (Lipinski definition) is 3. The minimum Gasteiger partial charge on any atom is -0.475 e. The summed E-state index contributed by atoms with van der Waals surface area (Å²) < 4.78 is 5.54. The predicted molar refractivity (Wildman–Crippen MR) is 86.0 cm³/mol. The maximum atomic E-state index is 5.89. The predicted octanol–water partition coefficient (Wildman–Crippen LogP) is 2.70. The van der Waals surface area contributed by atoms with Gasteiger partial charge in [-0.1, -0.05) is 19.4 Å². The highest BCUT2D eigenvalue weighted by Crippen LogP contribution is 2.11. The van der Waals surface area contributed by atoms with Crippen LogP contribution in [-0.2, 0) is 4.74 Å². The van der Waals surface area contributed by atoms with Crippen molar-refractivity contribution in [3.8, 4) is 12.3 Å². The zero-order valence-corrected chi connectivity index (χ0v) is 12.9. The van der Waals surface area contributed by atoms with Crippen LogP contribution in [0.25, 0.3) is 0 Å². The van der Waals surface area contributed by atoms with E-state index in [4.69, 9.17) is 16.9 Å². The Labute approximate surface area is 122 Å². The van der Waals surface area contributed by atoms with E-state index < -0.39 is 0 Å². The fraction of sp³-hybridized carbons (Fsp3) is 0.438. The SMILES string of the molecule is C#CC(/C=C(/NC=NCC)C(=C)C)=C(/N)OC(C)CC. The molecule has 1 atom stereocenters. The van der Waals surface area contributed by atoms with Crippen LogP contribution in [0.4, 0.5) is 0 Å². The first-order valence-electron chi connectivity index (χ1n) is 6.71. The normalized spacial score (nSPS) is 14.4. The molecule has 0 aromatic carbocycles. The maximum Gasteiger partial charge on any atom is 0.200 e. The molecular formula is C16H25N3O. The highest BCUT2D eigenvalue weighted by Gasteiger charge is 2.06. The lowest BCUT2D eigenvalue weighted by Gasteiger charge is -2.14. The van der Waals surface area contributed by atoms with Crippen LogP contribution in [0.3, 0.4) is 0 Å². The average molecular weight is 275 g/mol. The van der Waals surface area contributed by atoms with E-state index in [-0.39, 0.29) is 12.0 Å². The van der Waals surface area contributed by atoms with Crippen LogP contribution in [0, 0.1) is 12.3 Å². The first-order valence-corrected chi connectivity index (χ1v) is 6.71. The van der Waals surface area contributed by atoms with Crippen molar-refractivity contribution in [2.24, 2.45) is 10.7 Å². The van der Waals surface area contributed by atoms with Gasteiger partial charge in [0.2, 0.25) is 5.88 Å². The Hall–Kier alpha value is -2.15. The topological polar surface area (TPSA) is 59.6 Å². The Morgan fingerprint density at radius 3 is 2.65 bits per heavy atom. The van der Waals surface area contributed by atoms with Gasteiger partial charge in [-0.05, 0) is 38.8 Å². The van der Waals surface area contributed by atoms with Gasteiger partial charge in [-0.25, -0.2) is 0 Å². The van der Waals surface area contributed by atoms with Crippen molar-refractivity contribution in [2.75, 3.05) is 6.54 Å². The molecule has 20 heavy (non-hydrogen) atoms. The monoisotopic (exact) mass is 275 g/mol. The molecule has 0 aliphatic carbocycles. The van der Waals surface area contributed by atoms with Gasteiger partial charge in [0.05, 0.1) is 18.0 Å². The van der Waals surface area contributed by atoms with E-state index in [2.05, 4.69) is 22.8 Å². The Morgan fingerprint density at radius 2 is 2.20 bits per heavy atom. The number of rotatable bonds is 8. The second-order valence-electron chi connectivity index (χ2n) is 4.37. The molecule has 0 saturated carbocycles. The van der Waals surface area contributed by atoms with Gasteiger partial charge in [0.25, 0.3) is 0 Å². The van der Waals surface area contributed by atoms with Crippen LogP contribution in [-0.4, -0.2) is 19.0 Å². The first-order chi connectivity index (χ1) is 9.46. The van der Waals surface area contributed by atoms with Crippen molar-refractivity contribution in [3.63, 3.8) is 0 Å². The van der Waals surface area contributed by atoms with Crippen molar-refractivity contribution in [1.82, 2.24) is 5.32 Å². The van der Waals surface area contributed by atoms with Crippen LogP contribution in [0.2, 0.25) is 0 Å². The summed E-state index contributed by atoms with van der Waals surface area (Å²) in [4.78, 5) is 4.09. The molecule has 0 aromatic rings. The molecule has 0 heterocycles. The summed E-state index contributed by atoms with van der Waals surface area (Å²) in [5.41, 5.74) is 7.96. The summed E-state index contributed by atoms with van der Waals surface area (Å²) in [5, 5.41) is 3.04. The number of allylic oxidation sites excluding steroid dienone is 3. The quantitative estimate of drug-likeness (QED) is 0.235. The van der Waals surface area contributed by atoms with Crippen LogP contribution in [0.15, 0.2) is 40.4 Å². The average Bonchev–Trinajstić information content (AvgIpc) is 2.41. The van der Waals surface area contributed by atoms with Crippen molar-refractivity contribution >= 4 is 6.34 Å². The molecule has 0 saturated heterocycles. The van der Waals surface area contributed by atoms with Gasteiger partial charge in [-0.15, -0.1) is 6.42 Å². The second kappa shape index (κ2) is 9.74. The lowest BCUT2D eigenvalue weighted by molar-refractivity contribution is 0.125. The third-order valence-electron chi connectivity index (χ3n) is 2.57. The molecule has 0 spiro atoms. The van der Waals surface area contributed by atoms with Crippen LogP contribution < -0.4 is 11.1 Å². The number of aliphatic imine (C=N–C) groups is 1. The van der Waals surface area contributed by atoms with Gasteiger partial charge in [0, 0.05) is 12.2 Å². The van der Waals surface area contributed by atoms with Gasteiger partial charge in [0.15, 0.2) is 0 Å². The lowest BCUT2D eigenvalue weighted by Crippen LogP contribution is -2.15. The highest BCUT2D eigenvalue weighted by molar-refractivity contribution is 5.60. The van der Waals surface area contributed by atoms with E-state index in [1.165, 1.54) is 0 Å². The second-order valence-corrected chi connectivity index (χ2v) is 4.37. The molecule has 0 aliphatic rings. The number of terminal acetylenes is 1. The lowest BCUT2D eigenvalue weighted by atomic mass is 10.1. The molecule has 0 rings (SSSR count). The molecule has 0 bridgehead atoms. The number of nitrogens with two attached hydrogens (primary N) is 1. The van der Waals surface area contributed by atoms with Gasteiger partial charge in [-0.3, -0.25) is 4.99 Å². The van der Waals surface area contributed by atoms with Gasteiger partial charge in [0.1, 0.15) is 0 Å². The fourth-order valence-electron chi connectivity index (χ4n) is 1.19. The van der Waals surface area contributed by atoms with Crippen LogP contribution in [0.1, 0.15) is 34.1 Å². The van der Waals surface area contributed by atoms with Crippen molar-refractivity contribution < 1.29 is 4.74 Å². The zero-order valence-electron chi connectivity index (χ0n) is 12.9. The molecule has 3 N–H and O–H groups in total. The van der Waals surface area contributed by atoms with Crippen LogP contribution >= 0.6 is 0 Å². The molecule has 4 nitrogen and oxygen atoms in total. The van der Waals surface area contributed by atoms with Crippen molar-refractivity contribution in [2.45, 2.75) is 40.2 Å². The molecular weight excluding hydrogens is 250 g/mol. The molecule has 0 aromatic heterocycles. The number of nitrogens with zero attached hydrogens (tertiary/aromatic N) is 1. The molecule has 0 aliphatic heterocycles. The smallest absolute Gasteiger partial charge is 0.200 e. The van der Waals surface area contributed by atoms with Crippen LogP contribution in [0.5, 0.6) is 0 Å². The molecule has 0 fully saturated rings. The third kappa shape index (κ3) is 6.69. The van der Waals surface area contributed by atoms with E-state index in [0.29, 0.717) is 12.1 Å². The number of nitrogens with one attached hydrogen (secondary N) is 1. The zero-order chi connectivity index (χ0) is 15.5. The van der Waals surface area contributed by atoms with E-state index in [9.17, 15) is 0 Å². The molecule has 1 unspecified atom stereocenters. The minimum absolute atomic E-state index is 0.0228. The number of ether oxygens (including phenoxy) is 1. The van der Waals surface area contributed by atoms with Gasteiger partial charge >= 0.3 is 0 Å². The third-order valence-corrected chi connectivity index (χ3v) is 2.57. The Morgan fingerprint density at radius 1 is 1.55 bits per heavy atom. The summed E-state index contributed by atoms with van der Waals surface area (Å²) in [7, 11) is 0. The largest absolute Gasteiger partial charge is 0.475 e. The highest BCUT2D eigenvalue weighted by atomic mass is 16.5. The summed E-state index contributed by atoms with van der Waals surface area (Å²) >= 11 is 0. The molecule has 0 radical (unpaired) electrons. The Kier molecular flexibility index (Phi) is 8.69. The summed E-state index contributed by atoms with van der Waals surface area (Å²) in [6.07, 6.45) is 9.72. The van der Waals surface area contributed by atoms with E-state index in [1.807, 2.05) is 27.7 Å². The van der Waals surface area contributed by atoms with Gasteiger partial charge < -0.3 is 15.8 Å². The number of hydrogen-bond donors (Lipinski definition) is 2. The molecule has 0 amide bonds. The van der Waals surface area contributed by atoms with Crippen molar-refractivity contribution in [1.29, 1.82) is 0 Å². The maximum absolute atomic E-state index is 5.89. The Balaban J connectivity index is 5.24. The summed E-state index contributed by atoms with van der Waals surface area (Å²) in [6, 6.07) is 0. The minimum atomic E-state index is 0.0228. The van der Waals surface area contributed by atoms with E-state index >= 15 is 0 Å². The fourth-order valence-corrected chi connectivity index (χ4v) is 1.19. The van der Waals surface area contributed by atoms with Crippen molar-refractivity contribution in [3.05, 3.63) is 35.4 Å².